The highest BCUT2D eigenvalue weighted by atomic mass is 32.2. The number of piperazine rings is 1. The average molecular weight is 265 g/mol. The summed E-state index contributed by atoms with van der Waals surface area (Å²) in [6.45, 7) is 6.80. The van der Waals surface area contributed by atoms with Gasteiger partial charge in [0.05, 0.1) is 6.61 Å². The molecule has 17 heavy (non-hydrogen) atoms. The fourth-order valence-corrected chi connectivity index (χ4v) is 3.23. The van der Waals surface area contributed by atoms with Gasteiger partial charge in [0, 0.05) is 39.3 Å². The largest absolute Gasteiger partial charge is 0.383 e. The number of rotatable bonds is 6. The van der Waals surface area contributed by atoms with E-state index in [1.807, 2.05) is 13.8 Å². The molecule has 0 amide bonds. The van der Waals surface area contributed by atoms with Crippen LogP contribution in [0.2, 0.25) is 0 Å². The van der Waals surface area contributed by atoms with Crippen LogP contribution in [-0.4, -0.2) is 58.7 Å². The lowest BCUT2D eigenvalue weighted by Crippen LogP contribution is -2.54. The average Bonchev–Trinajstić information content (AvgIpc) is 2.29. The van der Waals surface area contributed by atoms with E-state index in [1.54, 1.807) is 7.11 Å². The Kier molecular flexibility index (Phi) is 5.81. The lowest BCUT2D eigenvalue weighted by Gasteiger charge is -2.30. The number of nitrogens with one attached hydrogen (secondary N) is 2. The monoisotopic (exact) mass is 265 g/mol. The number of hydrogen-bond acceptors (Lipinski definition) is 4. The fourth-order valence-electron chi connectivity index (χ4n) is 1.69. The lowest BCUT2D eigenvalue weighted by atomic mass is 10.1. The van der Waals surface area contributed by atoms with Crippen molar-refractivity contribution in [3.8, 4) is 0 Å². The zero-order chi connectivity index (χ0) is 12.9. The van der Waals surface area contributed by atoms with Gasteiger partial charge < -0.3 is 10.1 Å². The van der Waals surface area contributed by atoms with Crippen molar-refractivity contribution in [2.75, 3.05) is 39.9 Å². The second kappa shape index (κ2) is 6.65. The van der Waals surface area contributed by atoms with Crippen molar-refractivity contribution in [3.63, 3.8) is 0 Å². The number of ether oxygens (including phenoxy) is 1. The van der Waals surface area contributed by atoms with Gasteiger partial charge in [-0.2, -0.15) is 17.4 Å². The van der Waals surface area contributed by atoms with Crippen molar-refractivity contribution < 1.29 is 13.2 Å². The predicted molar refractivity (Wildman–Crippen MR) is 67.0 cm³/mol. The molecule has 102 valence electrons. The third-order valence-corrected chi connectivity index (χ3v) is 4.51. The van der Waals surface area contributed by atoms with Gasteiger partial charge in [0.15, 0.2) is 0 Å². The minimum absolute atomic E-state index is 0.181. The summed E-state index contributed by atoms with van der Waals surface area (Å²) >= 11 is 0. The molecule has 0 aromatic rings. The molecule has 1 heterocycles. The second-order valence-electron chi connectivity index (χ2n) is 4.58. The number of hydrogen-bond donors (Lipinski definition) is 2. The summed E-state index contributed by atoms with van der Waals surface area (Å²) in [6, 6.07) is -0.181. The molecule has 7 heteroatoms. The van der Waals surface area contributed by atoms with Gasteiger partial charge in [-0.3, -0.25) is 0 Å². The molecule has 0 spiro atoms. The first-order valence-electron chi connectivity index (χ1n) is 5.94. The number of methoxy groups -OCH3 is 1. The normalized spacial score (nSPS) is 20.7. The Morgan fingerprint density at radius 3 is 2.41 bits per heavy atom. The van der Waals surface area contributed by atoms with Gasteiger partial charge in [-0.1, -0.05) is 13.8 Å². The third kappa shape index (κ3) is 4.51. The second-order valence-corrected chi connectivity index (χ2v) is 6.28. The van der Waals surface area contributed by atoms with E-state index < -0.39 is 10.2 Å². The first-order chi connectivity index (χ1) is 7.97. The van der Waals surface area contributed by atoms with Crippen LogP contribution < -0.4 is 10.0 Å². The molecule has 0 aromatic heterocycles. The molecule has 0 radical (unpaired) electrons. The van der Waals surface area contributed by atoms with Gasteiger partial charge in [0.1, 0.15) is 0 Å². The van der Waals surface area contributed by atoms with E-state index in [4.69, 9.17) is 4.74 Å². The summed E-state index contributed by atoms with van der Waals surface area (Å²) in [4.78, 5) is 0. The molecule has 1 aliphatic heterocycles. The summed E-state index contributed by atoms with van der Waals surface area (Å²) in [6.07, 6.45) is 0. The first-order valence-corrected chi connectivity index (χ1v) is 7.38. The highest BCUT2D eigenvalue weighted by Crippen LogP contribution is 2.07. The van der Waals surface area contributed by atoms with Crippen LogP contribution >= 0.6 is 0 Å². The Hall–Kier alpha value is -0.210. The topological polar surface area (TPSA) is 70.7 Å². The van der Waals surface area contributed by atoms with Crippen molar-refractivity contribution in [1.29, 1.82) is 0 Å². The highest BCUT2D eigenvalue weighted by molar-refractivity contribution is 7.87. The molecule has 6 nitrogen and oxygen atoms in total. The maximum absolute atomic E-state index is 12.1. The molecule has 1 aliphatic rings. The van der Waals surface area contributed by atoms with Crippen molar-refractivity contribution in [2.24, 2.45) is 5.92 Å². The van der Waals surface area contributed by atoms with E-state index in [9.17, 15) is 8.42 Å². The van der Waals surface area contributed by atoms with Crippen LogP contribution in [0.15, 0.2) is 0 Å². The Labute approximate surface area is 104 Å². The third-order valence-electron chi connectivity index (χ3n) is 2.87. The van der Waals surface area contributed by atoms with Crippen molar-refractivity contribution in [1.82, 2.24) is 14.3 Å². The minimum atomic E-state index is -3.39. The van der Waals surface area contributed by atoms with Gasteiger partial charge in [-0.25, -0.2) is 0 Å². The Morgan fingerprint density at radius 1 is 1.35 bits per heavy atom. The van der Waals surface area contributed by atoms with Crippen LogP contribution in [-0.2, 0) is 14.9 Å². The van der Waals surface area contributed by atoms with E-state index >= 15 is 0 Å². The Bertz CT molecular complexity index is 313. The zero-order valence-corrected chi connectivity index (χ0v) is 11.6. The number of nitrogens with zero attached hydrogens (tertiary/aromatic N) is 1. The molecule has 1 saturated heterocycles. The maximum atomic E-state index is 12.1. The molecule has 0 aliphatic carbocycles. The highest BCUT2D eigenvalue weighted by Gasteiger charge is 2.27. The molecular formula is C10H23N3O3S. The molecule has 0 saturated carbocycles. The summed E-state index contributed by atoms with van der Waals surface area (Å²) in [5, 5.41) is 3.13. The quantitative estimate of drug-likeness (QED) is 0.672. The zero-order valence-electron chi connectivity index (χ0n) is 10.8. The molecule has 1 rings (SSSR count). The fraction of sp³-hybridized carbons (Fsp3) is 1.00. The van der Waals surface area contributed by atoms with Gasteiger partial charge >= 0.3 is 0 Å². The van der Waals surface area contributed by atoms with Gasteiger partial charge in [-0.15, -0.1) is 0 Å². The summed E-state index contributed by atoms with van der Waals surface area (Å²) < 4.78 is 33.4. The van der Waals surface area contributed by atoms with E-state index in [0.717, 1.165) is 0 Å². The Balaban J connectivity index is 2.62. The maximum Gasteiger partial charge on any atom is 0.279 e. The lowest BCUT2D eigenvalue weighted by molar-refractivity contribution is 0.156. The standard InChI is InChI=1S/C10H23N3O3S/c1-9(2)10(8-16-3)12-17(14,15)13-6-4-11-5-7-13/h9-12H,4-8H2,1-3H3. The van der Waals surface area contributed by atoms with Crippen molar-refractivity contribution >= 4 is 10.2 Å². The summed E-state index contributed by atoms with van der Waals surface area (Å²) in [5.41, 5.74) is 0. The van der Waals surface area contributed by atoms with Crippen molar-refractivity contribution in [3.05, 3.63) is 0 Å². The van der Waals surface area contributed by atoms with Crippen molar-refractivity contribution in [2.45, 2.75) is 19.9 Å². The van der Waals surface area contributed by atoms with Crippen LogP contribution in [0.1, 0.15) is 13.8 Å². The predicted octanol–water partition coefficient (Wildman–Crippen LogP) is -0.603. The van der Waals surface area contributed by atoms with Crippen LogP contribution in [0, 0.1) is 5.92 Å². The minimum Gasteiger partial charge on any atom is -0.383 e. The van der Waals surface area contributed by atoms with E-state index in [1.165, 1.54) is 4.31 Å². The van der Waals surface area contributed by atoms with Gasteiger partial charge in [0.2, 0.25) is 0 Å². The summed E-state index contributed by atoms with van der Waals surface area (Å²) in [7, 11) is -1.81. The van der Waals surface area contributed by atoms with Crippen LogP contribution in [0.3, 0.4) is 0 Å². The van der Waals surface area contributed by atoms with E-state index in [-0.39, 0.29) is 12.0 Å². The van der Waals surface area contributed by atoms with Gasteiger partial charge in [-0.05, 0) is 5.92 Å². The Morgan fingerprint density at radius 2 is 1.94 bits per heavy atom. The molecule has 0 bridgehead atoms. The molecule has 1 unspecified atom stereocenters. The van der Waals surface area contributed by atoms with Crippen LogP contribution in [0.25, 0.3) is 0 Å². The molecule has 1 fully saturated rings. The molecule has 1 atom stereocenters. The van der Waals surface area contributed by atoms with Crippen LogP contribution in [0.5, 0.6) is 0 Å². The van der Waals surface area contributed by atoms with E-state index in [0.29, 0.717) is 32.8 Å². The smallest absolute Gasteiger partial charge is 0.279 e. The SMILES string of the molecule is COCC(NS(=O)(=O)N1CCNCC1)C(C)C. The molecular weight excluding hydrogens is 242 g/mol. The first kappa shape index (κ1) is 14.8. The summed E-state index contributed by atoms with van der Waals surface area (Å²) in [5.74, 6) is 0.202. The van der Waals surface area contributed by atoms with Gasteiger partial charge in [0.25, 0.3) is 10.2 Å². The molecule has 2 N–H and O–H groups in total. The van der Waals surface area contributed by atoms with Crippen LogP contribution in [0.4, 0.5) is 0 Å². The van der Waals surface area contributed by atoms with E-state index in [2.05, 4.69) is 10.0 Å². The molecule has 0 aromatic carbocycles.